The number of hydrogen-bond donors (Lipinski definition) is 0. The van der Waals surface area contributed by atoms with Gasteiger partial charge in [0.1, 0.15) is 5.82 Å². The Hall–Kier alpha value is -3.75. The molecule has 0 spiro atoms. The monoisotopic (exact) mass is 1090 g/mol. The molecule has 4 nitrogen and oxygen atoms in total. The predicted octanol–water partition coefficient (Wildman–Crippen LogP) is 17.9. The van der Waals surface area contributed by atoms with Crippen LogP contribution in [0.4, 0.5) is 0 Å². The third-order valence-electron chi connectivity index (χ3n) is 18.8. The summed E-state index contributed by atoms with van der Waals surface area (Å²) in [6.07, 6.45) is 18.3. The Morgan fingerprint density at radius 3 is 2.01 bits per heavy atom. The van der Waals surface area contributed by atoms with Gasteiger partial charge in [0, 0.05) is 29.4 Å². The second-order valence-electron chi connectivity index (χ2n) is 26.0. The van der Waals surface area contributed by atoms with Crippen LogP contribution in [0.15, 0.2) is 73.1 Å². The van der Waals surface area contributed by atoms with E-state index in [9.17, 15) is 0 Å². The van der Waals surface area contributed by atoms with Crippen molar-refractivity contribution in [1.82, 2.24) is 14.5 Å². The van der Waals surface area contributed by atoms with E-state index in [-0.39, 0.29) is 48.1 Å². The zero-order valence-corrected chi connectivity index (χ0v) is 46.7. The molecule has 3 saturated carbocycles. The molecule has 364 valence electrons. The number of nitrogens with zero attached hydrogens (tertiary/aromatic N) is 3. The van der Waals surface area contributed by atoms with Gasteiger partial charge in [-0.05, 0) is 153 Å². The minimum atomic E-state index is -0.0638. The Bertz CT molecular complexity index is 2810. The summed E-state index contributed by atoms with van der Waals surface area (Å²) in [5.74, 6) is 3.29. The molecule has 0 radical (unpaired) electrons. The second kappa shape index (κ2) is 17.8. The SMILES string of the molecule is Cc1cnc(-c2[c-]c(Oc3[c-]c4c(cc3)c3cc(C5(C)CCCCC5)ccc3n4-c3cc(C(C)(C)C)c(C(C)(C)C)cn3)ccc2)cc1C1CCC(C)(C2(C)C(C)(C)CCCC2(C)C)CC1C.[Pt+2]. The molecule has 3 fully saturated rings. The smallest absolute Gasteiger partial charge is 0.503 e. The molecule has 0 saturated heterocycles. The normalized spacial score (nSPS) is 23.6. The first kappa shape index (κ1) is 50.6. The average molecular weight is 1090 g/mol. The van der Waals surface area contributed by atoms with E-state index in [1.54, 1.807) is 0 Å². The first-order valence-electron chi connectivity index (χ1n) is 26.1. The molecule has 0 N–H and O–H groups in total. The minimum Gasteiger partial charge on any atom is -0.503 e. The average Bonchev–Trinajstić information content (AvgIpc) is 3.58. The Balaban J connectivity index is 0.00000625. The van der Waals surface area contributed by atoms with Crippen molar-refractivity contribution in [3.8, 4) is 28.6 Å². The molecule has 3 aliphatic rings. The van der Waals surface area contributed by atoms with Gasteiger partial charge in [-0.25, -0.2) is 4.98 Å². The molecular formula is C63H81N3OPt. The summed E-state index contributed by atoms with van der Waals surface area (Å²) in [4.78, 5) is 10.3. The number of aromatic nitrogens is 3. The van der Waals surface area contributed by atoms with E-state index in [0.29, 0.717) is 34.2 Å². The largest absolute Gasteiger partial charge is 2.00 e. The first-order valence-corrected chi connectivity index (χ1v) is 26.1. The molecule has 5 heteroatoms. The fourth-order valence-electron chi connectivity index (χ4n) is 14.5. The van der Waals surface area contributed by atoms with E-state index in [1.165, 1.54) is 104 Å². The number of benzene rings is 3. The van der Waals surface area contributed by atoms with Gasteiger partial charge in [0.05, 0.1) is 0 Å². The van der Waals surface area contributed by atoms with E-state index in [0.717, 1.165) is 33.5 Å². The van der Waals surface area contributed by atoms with Gasteiger partial charge in [0.2, 0.25) is 0 Å². The van der Waals surface area contributed by atoms with Gasteiger partial charge in [0.15, 0.2) is 0 Å². The quantitative estimate of drug-likeness (QED) is 0.150. The van der Waals surface area contributed by atoms with Gasteiger partial charge in [-0.2, -0.15) is 6.07 Å². The van der Waals surface area contributed by atoms with Crippen LogP contribution < -0.4 is 4.74 Å². The number of fused-ring (bicyclic) bond motifs is 3. The number of pyridine rings is 2. The third kappa shape index (κ3) is 8.66. The molecule has 3 aliphatic carbocycles. The van der Waals surface area contributed by atoms with E-state index in [2.05, 4.69) is 188 Å². The summed E-state index contributed by atoms with van der Waals surface area (Å²) < 4.78 is 9.07. The Morgan fingerprint density at radius 2 is 1.35 bits per heavy atom. The van der Waals surface area contributed by atoms with Gasteiger partial charge >= 0.3 is 21.1 Å². The zero-order valence-electron chi connectivity index (χ0n) is 44.4. The van der Waals surface area contributed by atoms with Crippen LogP contribution >= 0.6 is 0 Å². The van der Waals surface area contributed by atoms with Gasteiger partial charge in [0.25, 0.3) is 0 Å². The molecule has 6 aromatic rings. The Labute approximate surface area is 425 Å². The molecule has 0 bridgehead atoms. The molecule has 3 aromatic carbocycles. The molecule has 0 amide bonds. The van der Waals surface area contributed by atoms with E-state index >= 15 is 0 Å². The van der Waals surface area contributed by atoms with Gasteiger partial charge < -0.3 is 14.3 Å². The zero-order chi connectivity index (χ0) is 48.1. The second-order valence-corrected chi connectivity index (χ2v) is 26.0. The maximum Gasteiger partial charge on any atom is 2.00 e. The van der Waals surface area contributed by atoms with Crippen molar-refractivity contribution in [2.24, 2.45) is 27.6 Å². The van der Waals surface area contributed by atoms with Crippen LogP contribution in [0, 0.1) is 46.6 Å². The number of rotatable bonds is 7. The fourth-order valence-corrected chi connectivity index (χ4v) is 14.5. The topological polar surface area (TPSA) is 39.9 Å². The van der Waals surface area contributed by atoms with E-state index in [1.807, 2.05) is 6.07 Å². The molecule has 3 unspecified atom stereocenters. The summed E-state index contributed by atoms with van der Waals surface area (Å²) >= 11 is 0. The van der Waals surface area contributed by atoms with Crippen molar-refractivity contribution in [1.29, 1.82) is 0 Å². The minimum absolute atomic E-state index is 0. The van der Waals surface area contributed by atoms with Crippen LogP contribution in [0.2, 0.25) is 0 Å². The van der Waals surface area contributed by atoms with Crippen molar-refractivity contribution in [3.05, 3.63) is 113 Å². The van der Waals surface area contributed by atoms with Crippen LogP contribution in [0.3, 0.4) is 0 Å². The summed E-state index contributed by atoms with van der Waals surface area (Å²) in [6.45, 7) is 36.6. The maximum absolute atomic E-state index is 6.75. The van der Waals surface area contributed by atoms with Crippen molar-refractivity contribution in [3.63, 3.8) is 0 Å². The summed E-state index contributed by atoms with van der Waals surface area (Å²) in [5.41, 5.74) is 12.0. The van der Waals surface area contributed by atoms with E-state index in [4.69, 9.17) is 14.7 Å². The maximum atomic E-state index is 6.75. The van der Waals surface area contributed by atoms with Crippen molar-refractivity contribution in [2.75, 3.05) is 0 Å². The molecule has 3 heterocycles. The molecule has 9 rings (SSSR count). The molecule has 0 aliphatic heterocycles. The van der Waals surface area contributed by atoms with Crippen molar-refractivity contribution < 1.29 is 25.8 Å². The fraction of sp³-hybridized carbons (Fsp3) is 0.556. The van der Waals surface area contributed by atoms with Crippen LogP contribution in [-0.2, 0) is 37.3 Å². The summed E-state index contributed by atoms with van der Waals surface area (Å²) in [5, 5.41) is 2.40. The van der Waals surface area contributed by atoms with Gasteiger partial charge in [-0.1, -0.05) is 152 Å². The predicted molar refractivity (Wildman–Crippen MR) is 282 cm³/mol. The Kier molecular flexibility index (Phi) is 13.3. The van der Waals surface area contributed by atoms with Crippen LogP contribution in [0.5, 0.6) is 11.5 Å². The van der Waals surface area contributed by atoms with Gasteiger partial charge in [-0.3, -0.25) is 0 Å². The van der Waals surface area contributed by atoms with Crippen LogP contribution in [-0.4, -0.2) is 14.5 Å². The number of ether oxygens (including phenoxy) is 1. The summed E-state index contributed by atoms with van der Waals surface area (Å²) in [7, 11) is 0. The van der Waals surface area contributed by atoms with Crippen LogP contribution in [0.1, 0.15) is 201 Å². The first-order chi connectivity index (χ1) is 31.4. The van der Waals surface area contributed by atoms with E-state index < -0.39 is 0 Å². The van der Waals surface area contributed by atoms with Crippen molar-refractivity contribution in [2.45, 2.75) is 197 Å². The molecule has 3 atom stereocenters. The van der Waals surface area contributed by atoms with Gasteiger partial charge in [-0.15, -0.1) is 41.3 Å². The Morgan fingerprint density at radius 1 is 0.676 bits per heavy atom. The standard InChI is InChI=1S/C63H81N3O.Pt/c1-41-38-62(14,63(15)59(9,10)28-20-29-60(63,11)12)32-27-47(41)49-36-53(64-39-42(49)2)43-21-19-22-45(33-43)67-46-24-25-48-50-34-44(61(13)30-17-16-18-31-61)23-26-54(50)66(55(48)35-46)56-37-51(57(3,4)5)52(40-65-56)58(6,7)8;/h19,21-26,34,36-37,39-41,47H,16-18,20,27-32,38H2,1-15H3;/q-2;+2. The molecular weight excluding hydrogens is 1010 g/mol. The molecule has 68 heavy (non-hydrogen) atoms. The van der Waals surface area contributed by atoms with Crippen molar-refractivity contribution >= 4 is 21.8 Å². The van der Waals surface area contributed by atoms with Crippen LogP contribution in [0.25, 0.3) is 38.9 Å². The third-order valence-corrected chi connectivity index (χ3v) is 18.8. The summed E-state index contributed by atoms with van der Waals surface area (Å²) in [6, 6.07) is 29.8. The number of aryl methyl sites for hydroxylation is 1. The number of hydrogen-bond acceptors (Lipinski definition) is 3. The molecule has 3 aromatic heterocycles.